The second-order valence-electron chi connectivity index (χ2n) is 23.9. The smallest absolute Gasteiger partial charge is 0.254 e. The van der Waals surface area contributed by atoms with E-state index in [0.29, 0.717) is 107 Å². The highest BCUT2D eigenvalue weighted by molar-refractivity contribution is 5.96. The summed E-state index contributed by atoms with van der Waals surface area (Å²) in [5.41, 5.74) is 14.1. The van der Waals surface area contributed by atoms with E-state index in [9.17, 15) is 28.4 Å². The fraction of sp³-hybridized carbons (Fsp3) is 0.523. The molecule has 9 rings (SSSR count). The van der Waals surface area contributed by atoms with Crippen LogP contribution in [-0.4, -0.2) is 152 Å². The number of aryl methyl sites for hydroxylation is 2. The van der Waals surface area contributed by atoms with Crippen LogP contribution in [0.15, 0.2) is 79.1 Å². The number of aromatic nitrogens is 3. The van der Waals surface area contributed by atoms with E-state index in [4.69, 9.17) is 34.5 Å². The minimum Gasteiger partial charge on any atom is -0.491 e. The number of hydrogen-bond acceptors (Lipinski definition) is 15. The van der Waals surface area contributed by atoms with Gasteiger partial charge < -0.3 is 60.1 Å². The van der Waals surface area contributed by atoms with E-state index in [1.54, 1.807) is 43.1 Å². The van der Waals surface area contributed by atoms with Crippen molar-refractivity contribution < 1.29 is 52.0 Å². The van der Waals surface area contributed by atoms with Crippen molar-refractivity contribution in [2.75, 3.05) is 90.7 Å². The standard InChI is InChI=1S/C65H85FN10O10/c1-42(68-5)61(78)71-59(65(2,3)4)64(81)76-39-46-34-49(20-18-44(46)35-58(76)62(79)70-54-16-9-13-43-12-7-8-15-50(43)54)86-33-32-85-31-30-84-29-28-83-27-26-82-25-22-48(77)14-10-23-74-40-53-45-36-57(60(67)69-38-45)75-24-11-17-56(75)52-37-47(66)19-21-51(52)63(80)73(6)41-55(53)72-74/h7-8,12,15,18-21,34,36-38,40,42,54,56,58-59,68H,9-11,13-14,16-17,22-33,35,39,41H2,1-6H3,(H2,67,69)(H,70,79)(H,71,78)/t42-,54+,56+,58-,59+/m0/s1. The zero-order valence-corrected chi connectivity index (χ0v) is 50.7. The van der Waals surface area contributed by atoms with Crippen molar-refractivity contribution in [1.29, 1.82) is 0 Å². The van der Waals surface area contributed by atoms with Gasteiger partial charge in [-0.05, 0) is 122 Å². The molecule has 1 aliphatic carbocycles. The highest BCUT2D eigenvalue weighted by atomic mass is 19.1. The van der Waals surface area contributed by atoms with Crippen LogP contribution < -0.4 is 31.3 Å². The first kappa shape index (κ1) is 63.2. The molecule has 0 unspecified atom stereocenters. The van der Waals surface area contributed by atoms with Gasteiger partial charge in [-0.25, -0.2) is 9.37 Å². The largest absolute Gasteiger partial charge is 0.491 e. The molecule has 3 aromatic carbocycles. The van der Waals surface area contributed by atoms with E-state index in [0.717, 1.165) is 65.6 Å². The molecule has 5 heterocycles. The Morgan fingerprint density at radius 1 is 0.814 bits per heavy atom. The highest BCUT2D eigenvalue weighted by Crippen LogP contribution is 2.42. The van der Waals surface area contributed by atoms with Gasteiger partial charge in [0.2, 0.25) is 17.7 Å². The minimum atomic E-state index is -0.887. The molecule has 462 valence electrons. The Labute approximate surface area is 504 Å². The second kappa shape index (κ2) is 29.4. The van der Waals surface area contributed by atoms with Gasteiger partial charge in [0.05, 0.1) is 88.9 Å². The number of ketones is 1. The van der Waals surface area contributed by atoms with Crippen LogP contribution in [0.2, 0.25) is 0 Å². The van der Waals surface area contributed by atoms with Gasteiger partial charge in [-0.15, -0.1) is 0 Å². The van der Waals surface area contributed by atoms with Crippen LogP contribution in [0.1, 0.15) is 129 Å². The van der Waals surface area contributed by atoms with Gasteiger partial charge in [-0.1, -0.05) is 51.1 Å². The summed E-state index contributed by atoms with van der Waals surface area (Å²) >= 11 is 0. The molecular weight excluding hydrogens is 1100 g/mol. The van der Waals surface area contributed by atoms with Crippen molar-refractivity contribution in [3.05, 3.63) is 124 Å². The number of fused-ring (bicyclic) bond motifs is 10. The summed E-state index contributed by atoms with van der Waals surface area (Å²) in [6, 6.07) is 17.7. The number of carbonyl (C=O) groups is 5. The van der Waals surface area contributed by atoms with Gasteiger partial charge in [0.1, 0.15) is 41.9 Å². The molecule has 0 radical (unpaired) electrons. The first-order valence-corrected chi connectivity index (χ1v) is 30.3. The van der Waals surface area contributed by atoms with Gasteiger partial charge >= 0.3 is 0 Å². The number of hydrogen-bond donors (Lipinski definition) is 4. The van der Waals surface area contributed by atoms with E-state index in [2.05, 4.69) is 38.0 Å². The number of pyridine rings is 1. The van der Waals surface area contributed by atoms with Gasteiger partial charge in [-0.3, -0.25) is 28.7 Å². The molecule has 4 amide bonds. The molecule has 0 spiro atoms. The first-order valence-electron chi connectivity index (χ1n) is 30.3. The molecule has 5 N–H and O–H groups in total. The maximum atomic E-state index is 14.7. The van der Waals surface area contributed by atoms with E-state index in [-0.39, 0.29) is 74.2 Å². The first-order chi connectivity index (χ1) is 41.5. The number of rotatable bonds is 26. The third-order valence-electron chi connectivity index (χ3n) is 16.7. The summed E-state index contributed by atoms with van der Waals surface area (Å²) in [6.07, 6.45) is 9.50. The normalized spacial score (nSPS) is 18.1. The molecule has 5 aromatic rings. The number of Topliss-reactive ketones (excluding diaryl/α,β-unsaturated/α-hetero) is 1. The van der Waals surface area contributed by atoms with Crippen LogP contribution in [0.25, 0.3) is 11.1 Å². The molecule has 1 saturated heterocycles. The van der Waals surface area contributed by atoms with Crippen molar-refractivity contribution >= 4 is 40.9 Å². The predicted molar refractivity (Wildman–Crippen MR) is 324 cm³/mol. The van der Waals surface area contributed by atoms with Crippen LogP contribution in [-0.2, 0) is 70.6 Å². The second-order valence-corrected chi connectivity index (χ2v) is 23.9. The van der Waals surface area contributed by atoms with Crippen LogP contribution in [0.4, 0.5) is 15.9 Å². The fourth-order valence-electron chi connectivity index (χ4n) is 11.9. The predicted octanol–water partition coefficient (Wildman–Crippen LogP) is 7.06. The average Bonchev–Trinajstić information content (AvgIpc) is 1.69. The zero-order chi connectivity index (χ0) is 60.9. The van der Waals surface area contributed by atoms with E-state index < -0.39 is 29.4 Å². The fourth-order valence-corrected chi connectivity index (χ4v) is 11.9. The lowest BCUT2D eigenvalue weighted by Gasteiger charge is -2.41. The number of benzene rings is 3. The Kier molecular flexibility index (Phi) is 21.6. The summed E-state index contributed by atoms with van der Waals surface area (Å²) in [6.45, 7) is 12.1. The van der Waals surface area contributed by atoms with Crippen molar-refractivity contribution in [3.63, 3.8) is 0 Å². The molecule has 3 aliphatic heterocycles. The number of nitrogens with zero attached hydrogens (tertiary/aromatic N) is 6. The Hall–Kier alpha value is -7.30. The zero-order valence-electron chi connectivity index (χ0n) is 50.7. The summed E-state index contributed by atoms with van der Waals surface area (Å²) in [4.78, 5) is 79.0. The van der Waals surface area contributed by atoms with Crippen molar-refractivity contribution in [2.24, 2.45) is 5.41 Å². The van der Waals surface area contributed by atoms with Crippen molar-refractivity contribution in [2.45, 2.75) is 135 Å². The maximum Gasteiger partial charge on any atom is 0.254 e. The number of likely N-dealkylation sites (N-methyl/N-ethyl adjacent to an activating group) is 1. The van der Waals surface area contributed by atoms with Crippen LogP contribution in [0.5, 0.6) is 5.75 Å². The lowest BCUT2D eigenvalue weighted by atomic mass is 9.83. The Bertz CT molecular complexity index is 3190. The number of amides is 4. The number of carbonyl (C=O) groups excluding carboxylic acids is 5. The molecule has 21 heteroatoms. The Balaban J connectivity index is 0.654. The average molecular weight is 1190 g/mol. The molecule has 1 fully saturated rings. The summed E-state index contributed by atoms with van der Waals surface area (Å²) < 4.78 is 45.4. The number of nitrogens with one attached hydrogen (secondary N) is 3. The van der Waals surface area contributed by atoms with Gasteiger partial charge in [0.15, 0.2) is 0 Å². The van der Waals surface area contributed by atoms with Crippen molar-refractivity contribution in [3.8, 4) is 16.9 Å². The molecule has 5 atom stereocenters. The van der Waals surface area contributed by atoms with Crippen LogP contribution >= 0.6 is 0 Å². The number of ether oxygens (including phenoxy) is 5. The number of halogens is 1. The monoisotopic (exact) mass is 1180 g/mol. The van der Waals surface area contributed by atoms with E-state index in [1.165, 1.54) is 17.7 Å². The molecule has 86 heavy (non-hydrogen) atoms. The highest BCUT2D eigenvalue weighted by Gasteiger charge is 2.43. The number of nitrogen functional groups attached to an aromatic ring is 1. The lowest BCUT2D eigenvalue weighted by molar-refractivity contribution is -0.147. The minimum absolute atomic E-state index is 0.0832. The summed E-state index contributed by atoms with van der Waals surface area (Å²) in [5.74, 6) is -0.398. The van der Waals surface area contributed by atoms with Crippen LogP contribution in [0, 0.1) is 11.2 Å². The lowest BCUT2D eigenvalue weighted by Crippen LogP contribution is -2.62. The third-order valence-corrected chi connectivity index (χ3v) is 16.7. The molecule has 2 aromatic heterocycles. The molecule has 4 aliphatic rings. The van der Waals surface area contributed by atoms with E-state index in [1.807, 2.05) is 68.0 Å². The van der Waals surface area contributed by atoms with Gasteiger partial charge in [0.25, 0.3) is 5.91 Å². The molecular formula is C65H85FN10O10. The van der Waals surface area contributed by atoms with Crippen molar-refractivity contribution in [1.82, 2.24) is 40.5 Å². The van der Waals surface area contributed by atoms with E-state index >= 15 is 0 Å². The summed E-state index contributed by atoms with van der Waals surface area (Å²) in [7, 11) is 3.42. The van der Waals surface area contributed by atoms with Gasteiger partial charge in [-0.2, -0.15) is 5.10 Å². The van der Waals surface area contributed by atoms with Crippen LogP contribution in [0.3, 0.4) is 0 Å². The molecule has 20 nitrogen and oxygen atoms in total. The summed E-state index contributed by atoms with van der Waals surface area (Å²) in [5, 5.41) is 14.1. The topological polar surface area (TPSA) is 234 Å². The number of nitrogens with two attached hydrogens (primary N) is 1. The quantitative estimate of drug-likeness (QED) is 0.0406. The maximum absolute atomic E-state index is 14.7. The Morgan fingerprint density at radius 3 is 2.29 bits per heavy atom. The third kappa shape index (κ3) is 15.8. The molecule has 2 bridgehead atoms. The molecule has 0 saturated carbocycles. The Morgan fingerprint density at radius 2 is 1.55 bits per heavy atom. The number of anilines is 2. The van der Waals surface area contributed by atoms with Gasteiger partial charge in [0, 0.05) is 75.0 Å². The SMILES string of the molecule is CN[C@@H](C)C(=O)N[C@H](C(=O)N1Cc2cc(OCCOCCOCCOCCOCCC(=O)CCCn3cc4c(n3)CN(C)C(=O)c3ccc(F)cc3[C@H]3CCCN3c3cc-4cnc3N)ccc2C[C@H]1C(=O)N[C@@H]1CCCc2ccccc21)C(C)(C)C.